The highest BCUT2D eigenvalue weighted by Crippen LogP contribution is 2.17. The van der Waals surface area contributed by atoms with Crippen LogP contribution in [0.3, 0.4) is 0 Å². The van der Waals surface area contributed by atoms with Gasteiger partial charge in [0.2, 0.25) is 0 Å². The topological polar surface area (TPSA) is 59.7 Å². The quantitative estimate of drug-likeness (QED) is 0.772. The van der Waals surface area contributed by atoms with Gasteiger partial charge in [0.05, 0.1) is 13.7 Å². The number of hydrogen-bond donors (Lipinski definition) is 1. The van der Waals surface area contributed by atoms with Crippen LogP contribution in [0.1, 0.15) is 28.8 Å². The molecule has 0 aliphatic heterocycles. The fourth-order valence-corrected chi connectivity index (χ4v) is 1.18. The third kappa shape index (κ3) is 2.70. The fraction of sp³-hybridized carbons (Fsp3) is 0.364. The van der Waals surface area contributed by atoms with Crippen molar-refractivity contribution in [2.45, 2.75) is 13.8 Å². The van der Waals surface area contributed by atoms with Gasteiger partial charge >= 0.3 is 5.97 Å². The molecule has 0 aromatic carbocycles. The van der Waals surface area contributed by atoms with E-state index in [4.69, 9.17) is 9.52 Å². The predicted octanol–water partition coefficient (Wildman–Crippen LogP) is 1.77. The minimum absolute atomic E-state index is 0.0344. The van der Waals surface area contributed by atoms with Gasteiger partial charge in [0.15, 0.2) is 0 Å². The van der Waals surface area contributed by atoms with Gasteiger partial charge in [0.1, 0.15) is 17.1 Å². The average molecular weight is 210 g/mol. The van der Waals surface area contributed by atoms with Crippen molar-refractivity contribution < 1.29 is 19.1 Å². The Labute approximate surface area is 88.2 Å². The average Bonchev–Trinajstić information content (AvgIpc) is 2.58. The maximum absolute atomic E-state index is 11.3. The van der Waals surface area contributed by atoms with E-state index in [9.17, 15) is 4.79 Å². The second kappa shape index (κ2) is 4.79. The molecule has 0 unspecified atom stereocenters. The van der Waals surface area contributed by atoms with E-state index in [1.165, 1.54) is 7.11 Å². The van der Waals surface area contributed by atoms with Gasteiger partial charge in [-0.1, -0.05) is 0 Å². The Bertz CT molecular complexity index is 387. The van der Waals surface area contributed by atoms with Crippen molar-refractivity contribution in [2.75, 3.05) is 13.7 Å². The van der Waals surface area contributed by atoms with E-state index in [0.29, 0.717) is 17.1 Å². The Morgan fingerprint density at radius 1 is 1.67 bits per heavy atom. The molecule has 15 heavy (non-hydrogen) atoms. The molecule has 0 fully saturated rings. The zero-order chi connectivity index (χ0) is 11.4. The fourth-order valence-electron chi connectivity index (χ4n) is 1.18. The Morgan fingerprint density at radius 3 is 2.87 bits per heavy atom. The molecule has 0 aliphatic carbocycles. The van der Waals surface area contributed by atoms with Crippen molar-refractivity contribution in [3.8, 4) is 0 Å². The summed E-state index contributed by atoms with van der Waals surface area (Å²) in [6.07, 6.45) is 1.68. The molecule has 1 heterocycles. The van der Waals surface area contributed by atoms with Gasteiger partial charge in [-0.05, 0) is 31.6 Å². The number of rotatable bonds is 3. The highest BCUT2D eigenvalue weighted by Gasteiger charge is 2.14. The monoisotopic (exact) mass is 210 g/mol. The summed E-state index contributed by atoms with van der Waals surface area (Å²) in [6.45, 7) is 3.43. The van der Waals surface area contributed by atoms with E-state index in [1.54, 1.807) is 26.0 Å². The van der Waals surface area contributed by atoms with Gasteiger partial charge in [-0.15, -0.1) is 0 Å². The molecule has 1 aromatic rings. The number of carbonyl (C=O) groups excluding carboxylic acids is 1. The Morgan fingerprint density at radius 2 is 2.33 bits per heavy atom. The summed E-state index contributed by atoms with van der Waals surface area (Å²) in [7, 11) is 1.32. The first-order valence-electron chi connectivity index (χ1n) is 4.55. The van der Waals surface area contributed by atoms with Crippen molar-refractivity contribution in [2.24, 2.45) is 0 Å². The molecule has 0 saturated carbocycles. The van der Waals surface area contributed by atoms with Crippen LogP contribution in [-0.2, 0) is 4.74 Å². The van der Waals surface area contributed by atoms with Crippen LogP contribution >= 0.6 is 0 Å². The smallest absolute Gasteiger partial charge is 0.341 e. The summed E-state index contributed by atoms with van der Waals surface area (Å²) in [5, 5.41) is 8.83. The first-order valence-corrected chi connectivity index (χ1v) is 4.55. The van der Waals surface area contributed by atoms with Gasteiger partial charge in [-0.3, -0.25) is 0 Å². The number of aryl methyl sites for hydroxylation is 1. The molecule has 82 valence electrons. The van der Waals surface area contributed by atoms with Crippen LogP contribution in [0.5, 0.6) is 0 Å². The number of hydrogen-bond acceptors (Lipinski definition) is 4. The Balaban J connectivity index is 3.01. The summed E-state index contributed by atoms with van der Waals surface area (Å²) >= 11 is 0. The van der Waals surface area contributed by atoms with Gasteiger partial charge in [-0.2, -0.15) is 0 Å². The van der Waals surface area contributed by atoms with Gasteiger partial charge in [0.25, 0.3) is 0 Å². The number of furan rings is 1. The Kier molecular flexibility index (Phi) is 3.68. The predicted molar refractivity (Wildman–Crippen MR) is 55.5 cm³/mol. The first kappa shape index (κ1) is 11.5. The molecule has 0 radical (unpaired) electrons. The molecule has 1 rings (SSSR count). The molecule has 0 saturated heterocycles. The lowest BCUT2D eigenvalue weighted by Gasteiger charge is -1.93. The van der Waals surface area contributed by atoms with Crippen molar-refractivity contribution in [1.82, 2.24) is 0 Å². The van der Waals surface area contributed by atoms with Crippen LogP contribution in [0.2, 0.25) is 0 Å². The van der Waals surface area contributed by atoms with Gasteiger partial charge in [0, 0.05) is 0 Å². The summed E-state index contributed by atoms with van der Waals surface area (Å²) in [4.78, 5) is 11.3. The van der Waals surface area contributed by atoms with E-state index in [-0.39, 0.29) is 6.61 Å². The van der Waals surface area contributed by atoms with Gasteiger partial charge in [-0.25, -0.2) is 4.79 Å². The number of esters is 1. The zero-order valence-electron chi connectivity index (χ0n) is 9.03. The molecular weight excluding hydrogens is 196 g/mol. The molecule has 0 amide bonds. The maximum atomic E-state index is 11.3. The molecule has 0 bridgehead atoms. The normalized spacial score (nSPS) is 11.6. The highest BCUT2D eigenvalue weighted by molar-refractivity contribution is 5.91. The van der Waals surface area contributed by atoms with Crippen molar-refractivity contribution in [3.05, 3.63) is 28.7 Å². The van der Waals surface area contributed by atoms with Crippen LogP contribution in [0, 0.1) is 6.92 Å². The molecule has 1 aromatic heterocycles. The first-order chi connectivity index (χ1) is 7.08. The molecule has 0 spiro atoms. The molecule has 4 heteroatoms. The highest BCUT2D eigenvalue weighted by atomic mass is 16.5. The third-order valence-corrected chi connectivity index (χ3v) is 1.98. The van der Waals surface area contributed by atoms with Crippen LogP contribution in [0.25, 0.3) is 6.08 Å². The van der Waals surface area contributed by atoms with E-state index < -0.39 is 5.97 Å². The second-order valence-corrected chi connectivity index (χ2v) is 3.26. The SMILES string of the molecule is COC(=O)c1cc(C=C(C)CO)oc1C. The lowest BCUT2D eigenvalue weighted by atomic mass is 10.2. The number of methoxy groups -OCH3 is 1. The molecule has 0 aliphatic rings. The standard InChI is InChI=1S/C11H14O4/c1-7(6-12)4-9-5-10(8(2)15-9)11(13)14-3/h4-5,12H,6H2,1-3H3. The lowest BCUT2D eigenvalue weighted by molar-refractivity contribution is 0.0599. The minimum Gasteiger partial charge on any atom is -0.465 e. The lowest BCUT2D eigenvalue weighted by Crippen LogP contribution is -2.00. The van der Waals surface area contributed by atoms with Crippen LogP contribution in [0.15, 0.2) is 16.1 Å². The van der Waals surface area contributed by atoms with Crippen LogP contribution in [-0.4, -0.2) is 24.8 Å². The number of aliphatic hydroxyl groups is 1. The summed E-state index contributed by atoms with van der Waals surface area (Å²) in [5.74, 6) is 0.635. The molecule has 1 N–H and O–H groups in total. The largest absolute Gasteiger partial charge is 0.465 e. The van der Waals surface area contributed by atoms with E-state index in [1.807, 2.05) is 0 Å². The minimum atomic E-state index is -0.419. The molecular formula is C11H14O4. The van der Waals surface area contributed by atoms with E-state index in [0.717, 1.165) is 5.57 Å². The molecule has 0 atom stereocenters. The number of aliphatic hydroxyl groups excluding tert-OH is 1. The zero-order valence-corrected chi connectivity index (χ0v) is 9.03. The van der Waals surface area contributed by atoms with Crippen molar-refractivity contribution >= 4 is 12.0 Å². The summed E-state index contributed by atoms with van der Waals surface area (Å²) < 4.78 is 9.91. The van der Waals surface area contributed by atoms with Crippen molar-refractivity contribution in [1.29, 1.82) is 0 Å². The number of ether oxygens (including phenoxy) is 1. The second-order valence-electron chi connectivity index (χ2n) is 3.26. The van der Waals surface area contributed by atoms with Crippen LogP contribution < -0.4 is 0 Å². The van der Waals surface area contributed by atoms with E-state index in [2.05, 4.69) is 4.74 Å². The summed E-state index contributed by atoms with van der Waals surface area (Å²) in [5.41, 5.74) is 1.18. The maximum Gasteiger partial charge on any atom is 0.341 e. The molecule has 4 nitrogen and oxygen atoms in total. The van der Waals surface area contributed by atoms with Gasteiger partial charge < -0.3 is 14.3 Å². The summed E-state index contributed by atoms with van der Waals surface area (Å²) in [6, 6.07) is 1.60. The van der Waals surface area contributed by atoms with Crippen molar-refractivity contribution in [3.63, 3.8) is 0 Å². The van der Waals surface area contributed by atoms with E-state index >= 15 is 0 Å². The number of carbonyl (C=O) groups is 1. The van der Waals surface area contributed by atoms with Crippen LogP contribution in [0.4, 0.5) is 0 Å². The third-order valence-electron chi connectivity index (χ3n) is 1.98. The Hall–Kier alpha value is -1.55.